The van der Waals surface area contributed by atoms with Gasteiger partial charge in [-0.05, 0) is 42.9 Å². The van der Waals surface area contributed by atoms with E-state index in [0.717, 1.165) is 57.9 Å². The van der Waals surface area contributed by atoms with Gasteiger partial charge in [-0.2, -0.15) is 0 Å². The summed E-state index contributed by atoms with van der Waals surface area (Å²) in [5.74, 6) is 0. The number of urea groups is 1. The molecule has 1 heterocycles. The molecular weight excluding hydrogens is 290 g/mol. The van der Waals surface area contributed by atoms with Crippen molar-refractivity contribution < 1.29 is 9.53 Å². The van der Waals surface area contributed by atoms with Crippen LogP contribution in [0.3, 0.4) is 0 Å². The van der Waals surface area contributed by atoms with Gasteiger partial charge in [-0.1, -0.05) is 12.1 Å². The Morgan fingerprint density at radius 3 is 2.87 bits per heavy atom. The molecule has 0 aromatic heterocycles. The first-order valence-corrected chi connectivity index (χ1v) is 8.67. The van der Waals surface area contributed by atoms with Crippen LogP contribution in [0.15, 0.2) is 18.2 Å². The van der Waals surface area contributed by atoms with Crippen LogP contribution in [0.5, 0.6) is 0 Å². The molecule has 1 aromatic rings. The Morgan fingerprint density at radius 1 is 1.26 bits per heavy atom. The number of nitrogens with zero attached hydrogens (tertiary/aromatic N) is 2. The average molecular weight is 317 g/mol. The van der Waals surface area contributed by atoms with Gasteiger partial charge in [0.25, 0.3) is 0 Å². The summed E-state index contributed by atoms with van der Waals surface area (Å²) in [7, 11) is 1.87. The Balaban J connectivity index is 1.54. The molecule has 23 heavy (non-hydrogen) atoms. The minimum Gasteiger partial charge on any atom is -0.379 e. The van der Waals surface area contributed by atoms with Gasteiger partial charge in [-0.3, -0.25) is 4.90 Å². The second-order valence-corrected chi connectivity index (χ2v) is 6.46. The number of ether oxygens (including phenoxy) is 1. The maximum absolute atomic E-state index is 12.4. The van der Waals surface area contributed by atoms with Crippen LogP contribution >= 0.6 is 0 Å². The number of nitrogens with one attached hydrogen (secondary N) is 1. The number of amides is 2. The lowest BCUT2D eigenvalue weighted by atomic mass is 9.90. The summed E-state index contributed by atoms with van der Waals surface area (Å²) in [6.07, 6.45) is 4.67. The molecular formula is C18H27N3O2. The van der Waals surface area contributed by atoms with Crippen molar-refractivity contribution in [2.45, 2.75) is 25.7 Å². The fourth-order valence-corrected chi connectivity index (χ4v) is 3.33. The lowest BCUT2D eigenvalue weighted by molar-refractivity contribution is 0.0359. The number of carbonyl (C=O) groups excluding carboxylic acids is 1. The second kappa shape index (κ2) is 7.79. The first kappa shape index (κ1) is 16.3. The Hall–Kier alpha value is -1.59. The highest BCUT2D eigenvalue weighted by Crippen LogP contribution is 2.27. The van der Waals surface area contributed by atoms with Crippen LogP contribution in [0, 0.1) is 0 Å². The van der Waals surface area contributed by atoms with Crippen molar-refractivity contribution in [2.24, 2.45) is 0 Å². The fraction of sp³-hybridized carbons (Fsp3) is 0.611. The molecule has 0 radical (unpaired) electrons. The molecule has 5 nitrogen and oxygen atoms in total. The van der Waals surface area contributed by atoms with Crippen LogP contribution in [0.1, 0.15) is 24.0 Å². The minimum absolute atomic E-state index is 0.0165. The molecule has 1 aromatic carbocycles. The lowest BCUT2D eigenvalue weighted by Gasteiger charge is -2.29. The molecule has 1 fully saturated rings. The summed E-state index contributed by atoms with van der Waals surface area (Å²) in [4.78, 5) is 16.6. The molecule has 0 unspecified atom stereocenters. The van der Waals surface area contributed by atoms with Crippen molar-refractivity contribution in [3.05, 3.63) is 29.3 Å². The number of fused-ring (bicyclic) bond motifs is 1. The van der Waals surface area contributed by atoms with Crippen molar-refractivity contribution in [3.8, 4) is 0 Å². The smallest absolute Gasteiger partial charge is 0.321 e. The van der Waals surface area contributed by atoms with E-state index in [9.17, 15) is 4.79 Å². The van der Waals surface area contributed by atoms with Gasteiger partial charge in [0.15, 0.2) is 0 Å². The van der Waals surface area contributed by atoms with Gasteiger partial charge in [0, 0.05) is 38.9 Å². The fourth-order valence-electron chi connectivity index (χ4n) is 3.33. The Kier molecular flexibility index (Phi) is 5.51. The number of morpholine rings is 1. The zero-order chi connectivity index (χ0) is 16.1. The zero-order valence-corrected chi connectivity index (χ0v) is 14.0. The summed E-state index contributed by atoms with van der Waals surface area (Å²) in [6, 6.07) is 6.25. The van der Waals surface area contributed by atoms with Crippen molar-refractivity contribution in [1.29, 1.82) is 0 Å². The van der Waals surface area contributed by atoms with Crippen LogP contribution in [0.25, 0.3) is 0 Å². The molecule has 2 amide bonds. The summed E-state index contributed by atoms with van der Waals surface area (Å²) in [6.45, 7) is 5.16. The van der Waals surface area contributed by atoms with Gasteiger partial charge >= 0.3 is 6.03 Å². The highest BCUT2D eigenvalue weighted by atomic mass is 16.5. The number of hydrogen-bond donors (Lipinski definition) is 1. The standard InChI is InChI=1S/C18H27N3O2/c1-20(9-10-21-11-13-23-14-12-21)18(22)19-17-8-4-6-15-5-2-3-7-16(15)17/h4,6,8H,2-3,5,7,9-14H2,1H3,(H,19,22). The van der Waals surface area contributed by atoms with Crippen molar-refractivity contribution in [2.75, 3.05) is 51.8 Å². The highest BCUT2D eigenvalue weighted by molar-refractivity contribution is 5.90. The Morgan fingerprint density at radius 2 is 2.04 bits per heavy atom. The van der Waals surface area contributed by atoms with Crippen LogP contribution in [0.2, 0.25) is 0 Å². The molecule has 1 N–H and O–H groups in total. The van der Waals surface area contributed by atoms with E-state index >= 15 is 0 Å². The topological polar surface area (TPSA) is 44.8 Å². The molecule has 0 saturated carbocycles. The van der Waals surface area contributed by atoms with E-state index in [1.165, 1.54) is 24.0 Å². The van der Waals surface area contributed by atoms with E-state index < -0.39 is 0 Å². The van der Waals surface area contributed by atoms with Crippen molar-refractivity contribution in [1.82, 2.24) is 9.80 Å². The summed E-state index contributed by atoms with van der Waals surface area (Å²) in [5, 5.41) is 3.10. The number of carbonyl (C=O) groups is 1. The molecule has 0 spiro atoms. The molecule has 1 saturated heterocycles. The number of benzene rings is 1. The first-order valence-electron chi connectivity index (χ1n) is 8.67. The summed E-state index contributed by atoms with van der Waals surface area (Å²) >= 11 is 0. The van der Waals surface area contributed by atoms with Crippen LogP contribution in [-0.2, 0) is 17.6 Å². The van der Waals surface area contributed by atoms with Gasteiger partial charge < -0.3 is 15.0 Å². The Labute approximate surface area is 138 Å². The maximum Gasteiger partial charge on any atom is 0.321 e. The van der Waals surface area contributed by atoms with Crippen molar-refractivity contribution >= 4 is 11.7 Å². The van der Waals surface area contributed by atoms with Gasteiger partial charge in [0.1, 0.15) is 0 Å². The second-order valence-electron chi connectivity index (χ2n) is 6.46. The summed E-state index contributed by atoms with van der Waals surface area (Å²) < 4.78 is 5.35. The van der Waals surface area contributed by atoms with Crippen LogP contribution in [0.4, 0.5) is 10.5 Å². The molecule has 2 aliphatic rings. The number of likely N-dealkylation sites (N-methyl/N-ethyl adjacent to an activating group) is 1. The third-order valence-electron chi connectivity index (χ3n) is 4.84. The maximum atomic E-state index is 12.4. The van der Waals surface area contributed by atoms with E-state index in [1.807, 2.05) is 19.2 Å². The van der Waals surface area contributed by atoms with Crippen LogP contribution in [-0.4, -0.2) is 62.3 Å². The number of aryl methyl sites for hydroxylation is 1. The van der Waals surface area contributed by atoms with Gasteiger partial charge in [-0.15, -0.1) is 0 Å². The van der Waals surface area contributed by atoms with Gasteiger partial charge in [-0.25, -0.2) is 4.79 Å². The van der Waals surface area contributed by atoms with Gasteiger partial charge in [0.2, 0.25) is 0 Å². The molecule has 5 heteroatoms. The quantitative estimate of drug-likeness (QED) is 0.927. The Bertz CT molecular complexity index is 541. The lowest BCUT2D eigenvalue weighted by Crippen LogP contribution is -2.42. The first-order chi connectivity index (χ1) is 11.2. The number of rotatable bonds is 4. The monoisotopic (exact) mass is 317 g/mol. The molecule has 1 aliphatic heterocycles. The largest absolute Gasteiger partial charge is 0.379 e. The SMILES string of the molecule is CN(CCN1CCOCC1)C(=O)Nc1cccc2c1CCCC2. The molecule has 0 bridgehead atoms. The normalized spacial score (nSPS) is 18.3. The van der Waals surface area contributed by atoms with Gasteiger partial charge in [0.05, 0.1) is 13.2 Å². The highest BCUT2D eigenvalue weighted by Gasteiger charge is 2.17. The van der Waals surface area contributed by atoms with E-state index in [1.54, 1.807) is 4.90 Å². The third-order valence-corrected chi connectivity index (χ3v) is 4.84. The van der Waals surface area contributed by atoms with Crippen LogP contribution < -0.4 is 5.32 Å². The van der Waals surface area contributed by atoms with E-state index in [-0.39, 0.29) is 6.03 Å². The predicted octanol–water partition coefficient (Wildman–Crippen LogP) is 2.36. The predicted molar refractivity (Wildman–Crippen MR) is 92.0 cm³/mol. The molecule has 3 rings (SSSR count). The average Bonchev–Trinajstić information content (AvgIpc) is 2.61. The third kappa shape index (κ3) is 4.24. The van der Waals surface area contributed by atoms with E-state index in [4.69, 9.17) is 4.74 Å². The van der Waals surface area contributed by atoms with E-state index in [2.05, 4.69) is 16.3 Å². The minimum atomic E-state index is -0.0165. The molecule has 126 valence electrons. The molecule has 0 atom stereocenters. The van der Waals surface area contributed by atoms with Crippen molar-refractivity contribution in [3.63, 3.8) is 0 Å². The molecule has 1 aliphatic carbocycles. The number of hydrogen-bond acceptors (Lipinski definition) is 3. The zero-order valence-electron chi connectivity index (χ0n) is 14.0. The van der Waals surface area contributed by atoms with E-state index in [0.29, 0.717) is 0 Å². The summed E-state index contributed by atoms with van der Waals surface area (Å²) in [5.41, 5.74) is 3.71. The number of anilines is 1.